The number of nitrogens with zero attached hydrogens (tertiary/aromatic N) is 1. The summed E-state index contributed by atoms with van der Waals surface area (Å²) in [6.45, 7) is 6.38. The maximum absolute atomic E-state index is 10.5. The van der Waals surface area contributed by atoms with E-state index in [1.807, 2.05) is 19.9 Å². The number of aliphatic hydroxyl groups excluding tert-OH is 1. The first-order chi connectivity index (χ1) is 9.63. The van der Waals surface area contributed by atoms with Gasteiger partial charge in [0.1, 0.15) is 5.75 Å². The molecule has 0 saturated carbocycles. The first-order valence-electron chi connectivity index (χ1n) is 7.81. The maximum Gasteiger partial charge on any atom is 0.119 e. The monoisotopic (exact) mass is 275 g/mol. The molecule has 110 valence electrons. The molecule has 3 nitrogen and oxygen atoms in total. The van der Waals surface area contributed by atoms with E-state index in [1.54, 1.807) is 0 Å². The standard InChI is InChI=1S/C17H25NO2/c1-12(2)20-15-5-3-4-13(10-15)11-16-17(19)14-6-8-18(16)9-7-14/h3-5,10,12,14,16-17,19H,6-9,11H2,1-2H3. The first-order valence-corrected chi connectivity index (χ1v) is 7.81. The van der Waals surface area contributed by atoms with Gasteiger partial charge in [0.25, 0.3) is 0 Å². The Morgan fingerprint density at radius 3 is 2.70 bits per heavy atom. The van der Waals surface area contributed by atoms with Gasteiger partial charge in [-0.05, 0) is 69.8 Å². The van der Waals surface area contributed by atoms with Crippen LogP contribution in [0, 0.1) is 5.92 Å². The zero-order valence-corrected chi connectivity index (χ0v) is 12.5. The zero-order chi connectivity index (χ0) is 14.1. The van der Waals surface area contributed by atoms with Crippen molar-refractivity contribution in [2.45, 2.75) is 51.4 Å². The molecule has 2 atom stereocenters. The summed E-state index contributed by atoms with van der Waals surface area (Å²) in [7, 11) is 0. The fraction of sp³-hybridized carbons (Fsp3) is 0.647. The topological polar surface area (TPSA) is 32.7 Å². The predicted octanol–water partition coefficient (Wildman–Crippen LogP) is 2.47. The van der Waals surface area contributed by atoms with Gasteiger partial charge >= 0.3 is 0 Å². The minimum absolute atomic E-state index is 0.160. The molecule has 20 heavy (non-hydrogen) atoms. The molecule has 0 spiro atoms. The van der Waals surface area contributed by atoms with Gasteiger partial charge in [0, 0.05) is 6.04 Å². The number of hydrogen-bond acceptors (Lipinski definition) is 3. The lowest BCUT2D eigenvalue weighted by molar-refractivity contribution is -0.0715. The molecule has 3 heterocycles. The zero-order valence-electron chi connectivity index (χ0n) is 12.5. The molecule has 3 aliphatic rings. The summed E-state index contributed by atoms with van der Waals surface area (Å²) in [5, 5.41) is 10.5. The van der Waals surface area contributed by atoms with Crippen molar-refractivity contribution >= 4 is 0 Å². The molecule has 0 aromatic heterocycles. The van der Waals surface area contributed by atoms with Crippen LogP contribution in [0.3, 0.4) is 0 Å². The Labute approximate surface area is 121 Å². The lowest BCUT2D eigenvalue weighted by Gasteiger charge is -2.49. The van der Waals surface area contributed by atoms with Crippen LogP contribution in [-0.4, -0.2) is 41.3 Å². The van der Waals surface area contributed by atoms with Gasteiger partial charge in [-0.25, -0.2) is 0 Å². The van der Waals surface area contributed by atoms with Crippen molar-refractivity contribution in [2.75, 3.05) is 13.1 Å². The minimum atomic E-state index is -0.160. The van der Waals surface area contributed by atoms with Crippen LogP contribution in [0.1, 0.15) is 32.3 Å². The van der Waals surface area contributed by atoms with E-state index in [-0.39, 0.29) is 18.2 Å². The van der Waals surface area contributed by atoms with E-state index in [1.165, 1.54) is 5.56 Å². The number of benzene rings is 1. The first kappa shape index (κ1) is 13.9. The smallest absolute Gasteiger partial charge is 0.119 e. The highest BCUT2D eigenvalue weighted by Crippen LogP contribution is 2.34. The SMILES string of the molecule is CC(C)Oc1cccc(CC2C(O)C3CCN2CC3)c1. The van der Waals surface area contributed by atoms with Crippen LogP contribution in [0.25, 0.3) is 0 Å². The lowest BCUT2D eigenvalue weighted by atomic mass is 9.78. The van der Waals surface area contributed by atoms with Crippen LogP contribution in [-0.2, 0) is 6.42 Å². The number of aliphatic hydroxyl groups is 1. The highest BCUT2D eigenvalue weighted by Gasteiger charge is 2.40. The van der Waals surface area contributed by atoms with Crippen molar-refractivity contribution < 1.29 is 9.84 Å². The molecule has 2 unspecified atom stereocenters. The van der Waals surface area contributed by atoms with Crippen LogP contribution >= 0.6 is 0 Å². The Morgan fingerprint density at radius 2 is 2.05 bits per heavy atom. The summed E-state index contributed by atoms with van der Waals surface area (Å²) in [6.07, 6.45) is 3.28. The Hall–Kier alpha value is -1.06. The molecular formula is C17H25NO2. The molecule has 0 radical (unpaired) electrons. The molecule has 3 heteroatoms. The number of piperidine rings is 3. The van der Waals surface area contributed by atoms with E-state index in [0.29, 0.717) is 5.92 Å². The van der Waals surface area contributed by atoms with E-state index in [0.717, 1.165) is 38.1 Å². The van der Waals surface area contributed by atoms with Gasteiger partial charge < -0.3 is 9.84 Å². The predicted molar refractivity (Wildman–Crippen MR) is 80.0 cm³/mol. The van der Waals surface area contributed by atoms with Crippen molar-refractivity contribution in [2.24, 2.45) is 5.92 Å². The minimum Gasteiger partial charge on any atom is -0.491 e. The van der Waals surface area contributed by atoms with Gasteiger partial charge in [-0.1, -0.05) is 12.1 Å². The number of rotatable bonds is 4. The highest BCUT2D eigenvalue weighted by molar-refractivity contribution is 5.29. The summed E-state index contributed by atoms with van der Waals surface area (Å²) in [6, 6.07) is 8.61. The van der Waals surface area contributed by atoms with E-state index in [9.17, 15) is 5.11 Å². The number of hydrogen-bond donors (Lipinski definition) is 1. The molecule has 3 saturated heterocycles. The second-order valence-electron chi connectivity index (χ2n) is 6.45. The Kier molecular flexibility index (Phi) is 3.99. The Balaban J connectivity index is 1.71. The van der Waals surface area contributed by atoms with E-state index >= 15 is 0 Å². The summed E-state index contributed by atoms with van der Waals surface area (Å²) >= 11 is 0. The third-order valence-electron chi connectivity index (χ3n) is 4.64. The third kappa shape index (κ3) is 2.84. The van der Waals surface area contributed by atoms with Crippen LogP contribution in [0.5, 0.6) is 5.75 Å². The van der Waals surface area contributed by atoms with Crippen LogP contribution in [0.15, 0.2) is 24.3 Å². The van der Waals surface area contributed by atoms with Crippen LogP contribution in [0.4, 0.5) is 0 Å². The van der Waals surface area contributed by atoms with Gasteiger partial charge in [0.15, 0.2) is 0 Å². The average Bonchev–Trinajstić information content (AvgIpc) is 2.43. The van der Waals surface area contributed by atoms with E-state index in [4.69, 9.17) is 4.74 Å². The quantitative estimate of drug-likeness (QED) is 0.916. The highest BCUT2D eigenvalue weighted by atomic mass is 16.5. The summed E-state index contributed by atoms with van der Waals surface area (Å²) in [5.41, 5.74) is 1.26. The molecule has 1 aromatic carbocycles. The summed E-state index contributed by atoms with van der Waals surface area (Å²) < 4.78 is 5.76. The normalized spacial score (nSPS) is 32.6. The molecule has 1 N–H and O–H groups in total. The average molecular weight is 275 g/mol. The van der Waals surface area contributed by atoms with Crippen molar-refractivity contribution in [3.05, 3.63) is 29.8 Å². The van der Waals surface area contributed by atoms with Crippen molar-refractivity contribution in [1.82, 2.24) is 4.90 Å². The number of fused-ring (bicyclic) bond motifs is 3. The van der Waals surface area contributed by atoms with Gasteiger partial charge in [0.2, 0.25) is 0 Å². The van der Waals surface area contributed by atoms with Gasteiger partial charge in [-0.15, -0.1) is 0 Å². The van der Waals surface area contributed by atoms with Gasteiger partial charge in [-0.3, -0.25) is 4.90 Å². The summed E-state index contributed by atoms with van der Waals surface area (Å²) in [5.74, 6) is 1.45. The van der Waals surface area contributed by atoms with E-state index in [2.05, 4.69) is 23.1 Å². The fourth-order valence-electron chi connectivity index (χ4n) is 3.63. The second kappa shape index (κ2) is 5.74. The molecule has 3 aliphatic heterocycles. The van der Waals surface area contributed by atoms with Gasteiger partial charge in [-0.2, -0.15) is 0 Å². The van der Waals surface area contributed by atoms with Crippen molar-refractivity contribution in [1.29, 1.82) is 0 Å². The lowest BCUT2D eigenvalue weighted by Crippen LogP contribution is -2.58. The van der Waals surface area contributed by atoms with Crippen molar-refractivity contribution in [3.63, 3.8) is 0 Å². The molecule has 3 fully saturated rings. The molecular weight excluding hydrogens is 250 g/mol. The largest absolute Gasteiger partial charge is 0.491 e. The van der Waals surface area contributed by atoms with Crippen LogP contribution < -0.4 is 4.74 Å². The fourth-order valence-corrected chi connectivity index (χ4v) is 3.63. The second-order valence-corrected chi connectivity index (χ2v) is 6.45. The molecule has 0 amide bonds. The number of ether oxygens (including phenoxy) is 1. The van der Waals surface area contributed by atoms with Crippen LogP contribution in [0.2, 0.25) is 0 Å². The Bertz CT molecular complexity index is 450. The van der Waals surface area contributed by atoms with Crippen molar-refractivity contribution in [3.8, 4) is 5.75 Å². The summed E-state index contributed by atoms with van der Waals surface area (Å²) in [4.78, 5) is 2.46. The molecule has 1 aromatic rings. The maximum atomic E-state index is 10.5. The van der Waals surface area contributed by atoms with E-state index < -0.39 is 0 Å². The molecule has 0 aliphatic carbocycles. The van der Waals surface area contributed by atoms with Gasteiger partial charge in [0.05, 0.1) is 12.2 Å². The molecule has 4 rings (SSSR count). The molecule has 2 bridgehead atoms. The third-order valence-corrected chi connectivity index (χ3v) is 4.64. The Morgan fingerprint density at radius 1 is 1.30 bits per heavy atom.